The molecule has 1 amide bonds. The van der Waals surface area contributed by atoms with Crippen LogP contribution in [0.25, 0.3) is 10.1 Å². The van der Waals surface area contributed by atoms with Crippen molar-refractivity contribution in [3.05, 3.63) is 28.1 Å². The Labute approximate surface area is 128 Å². The third-order valence-corrected chi connectivity index (χ3v) is 4.59. The van der Waals surface area contributed by atoms with Crippen LogP contribution in [0.4, 0.5) is 5.69 Å². The van der Waals surface area contributed by atoms with Gasteiger partial charge in [0.25, 0.3) is 5.91 Å². The summed E-state index contributed by atoms with van der Waals surface area (Å²) >= 11 is 7.54. The van der Waals surface area contributed by atoms with E-state index >= 15 is 0 Å². The number of thiophene rings is 1. The van der Waals surface area contributed by atoms with Gasteiger partial charge in [-0.2, -0.15) is 0 Å². The average molecular weight is 311 g/mol. The summed E-state index contributed by atoms with van der Waals surface area (Å²) in [6.45, 7) is 6.28. The molecule has 3 nitrogen and oxygen atoms in total. The van der Waals surface area contributed by atoms with E-state index < -0.39 is 0 Å². The van der Waals surface area contributed by atoms with Crippen LogP contribution in [0.3, 0.4) is 0 Å². The standard InChI is InChI=1S/C15H19ClN2OS/c1-8(2)7-9(3)18-15(19)14-13(17)12-10(16)5-4-6-11(12)20-14/h4-6,8-9H,7,17H2,1-3H3,(H,18,19). The zero-order valence-electron chi connectivity index (χ0n) is 11.9. The van der Waals surface area contributed by atoms with Crippen LogP contribution in [0.15, 0.2) is 18.2 Å². The molecule has 1 aromatic carbocycles. The monoisotopic (exact) mass is 310 g/mol. The van der Waals surface area contributed by atoms with Crippen LogP contribution in [-0.2, 0) is 0 Å². The number of nitrogens with two attached hydrogens (primary N) is 1. The highest BCUT2D eigenvalue weighted by Crippen LogP contribution is 2.37. The van der Waals surface area contributed by atoms with Crippen LogP contribution < -0.4 is 11.1 Å². The number of nitrogens with one attached hydrogen (secondary N) is 1. The van der Waals surface area contributed by atoms with Crippen molar-refractivity contribution in [2.45, 2.75) is 33.2 Å². The topological polar surface area (TPSA) is 55.1 Å². The van der Waals surface area contributed by atoms with E-state index in [-0.39, 0.29) is 11.9 Å². The number of anilines is 1. The molecule has 0 fully saturated rings. The van der Waals surface area contributed by atoms with E-state index in [1.807, 2.05) is 19.1 Å². The lowest BCUT2D eigenvalue weighted by molar-refractivity contribution is 0.0941. The normalized spacial score (nSPS) is 12.8. The van der Waals surface area contributed by atoms with Crippen molar-refractivity contribution in [2.75, 3.05) is 5.73 Å². The lowest BCUT2D eigenvalue weighted by atomic mass is 10.1. The first-order chi connectivity index (χ1) is 9.40. The first-order valence-electron chi connectivity index (χ1n) is 6.67. The Morgan fingerprint density at radius 3 is 2.70 bits per heavy atom. The SMILES string of the molecule is CC(C)CC(C)NC(=O)c1sc2cccc(Cl)c2c1N. The van der Waals surface area contributed by atoms with Crippen LogP contribution in [0.5, 0.6) is 0 Å². The third-order valence-electron chi connectivity index (χ3n) is 3.11. The van der Waals surface area contributed by atoms with Gasteiger partial charge in [0.15, 0.2) is 0 Å². The predicted octanol–water partition coefficient (Wildman–Crippen LogP) is 4.30. The van der Waals surface area contributed by atoms with E-state index in [1.54, 1.807) is 6.07 Å². The summed E-state index contributed by atoms with van der Waals surface area (Å²) in [7, 11) is 0. The van der Waals surface area contributed by atoms with Gasteiger partial charge in [-0.15, -0.1) is 11.3 Å². The fourth-order valence-corrected chi connectivity index (χ4v) is 3.74. The zero-order chi connectivity index (χ0) is 14.9. The Kier molecular flexibility index (Phi) is 4.55. The smallest absolute Gasteiger partial charge is 0.263 e. The molecule has 108 valence electrons. The number of carbonyl (C=O) groups excluding carboxylic acids is 1. The average Bonchev–Trinajstić information content (AvgIpc) is 2.67. The van der Waals surface area contributed by atoms with Crippen molar-refractivity contribution in [3.8, 4) is 0 Å². The van der Waals surface area contributed by atoms with Gasteiger partial charge in [-0.25, -0.2) is 0 Å². The summed E-state index contributed by atoms with van der Waals surface area (Å²) in [6, 6.07) is 5.71. The Morgan fingerprint density at radius 2 is 2.10 bits per heavy atom. The molecule has 0 saturated heterocycles. The number of halogens is 1. The van der Waals surface area contributed by atoms with Crippen molar-refractivity contribution < 1.29 is 4.79 Å². The lowest BCUT2D eigenvalue weighted by Crippen LogP contribution is -2.33. The summed E-state index contributed by atoms with van der Waals surface area (Å²) in [5.74, 6) is 0.424. The van der Waals surface area contributed by atoms with Crippen LogP contribution in [-0.4, -0.2) is 11.9 Å². The molecule has 0 aliphatic heterocycles. The first kappa shape index (κ1) is 15.1. The van der Waals surface area contributed by atoms with Crippen LogP contribution in [0, 0.1) is 5.92 Å². The quantitative estimate of drug-likeness (QED) is 0.884. The number of carbonyl (C=O) groups is 1. The molecule has 0 aliphatic rings. The van der Waals surface area contributed by atoms with Gasteiger partial charge in [0.1, 0.15) is 4.88 Å². The maximum absolute atomic E-state index is 12.3. The second-order valence-electron chi connectivity index (χ2n) is 5.46. The van der Waals surface area contributed by atoms with Gasteiger partial charge < -0.3 is 11.1 Å². The van der Waals surface area contributed by atoms with Crippen molar-refractivity contribution >= 4 is 44.6 Å². The largest absolute Gasteiger partial charge is 0.397 e. The second kappa shape index (κ2) is 6.02. The van der Waals surface area contributed by atoms with E-state index in [2.05, 4.69) is 19.2 Å². The number of rotatable bonds is 4. The molecule has 3 N–H and O–H groups in total. The molecule has 2 rings (SSSR count). The highest BCUT2D eigenvalue weighted by molar-refractivity contribution is 7.21. The Hall–Kier alpha value is -1.26. The molecular weight excluding hydrogens is 292 g/mol. The van der Waals surface area contributed by atoms with Gasteiger partial charge in [0.2, 0.25) is 0 Å². The predicted molar refractivity (Wildman–Crippen MR) is 87.6 cm³/mol. The maximum atomic E-state index is 12.3. The molecule has 20 heavy (non-hydrogen) atoms. The van der Waals surface area contributed by atoms with E-state index in [4.69, 9.17) is 17.3 Å². The summed E-state index contributed by atoms with van der Waals surface area (Å²) < 4.78 is 0.941. The van der Waals surface area contributed by atoms with Crippen molar-refractivity contribution in [1.29, 1.82) is 0 Å². The molecule has 2 aromatic rings. The minimum atomic E-state index is -0.118. The molecule has 1 unspecified atom stereocenters. The zero-order valence-corrected chi connectivity index (χ0v) is 13.4. The molecule has 0 saturated carbocycles. The molecule has 0 radical (unpaired) electrons. The van der Waals surface area contributed by atoms with Gasteiger partial charge in [-0.1, -0.05) is 31.5 Å². The van der Waals surface area contributed by atoms with Gasteiger partial charge in [-0.3, -0.25) is 4.79 Å². The Bertz CT molecular complexity index is 636. The van der Waals surface area contributed by atoms with Crippen molar-refractivity contribution in [2.24, 2.45) is 5.92 Å². The molecular formula is C15H19ClN2OS. The molecule has 0 bridgehead atoms. The van der Waals surface area contributed by atoms with E-state index in [0.29, 0.717) is 21.5 Å². The number of amides is 1. The fourth-order valence-electron chi connectivity index (χ4n) is 2.35. The van der Waals surface area contributed by atoms with Gasteiger partial charge >= 0.3 is 0 Å². The number of benzene rings is 1. The van der Waals surface area contributed by atoms with Crippen molar-refractivity contribution in [3.63, 3.8) is 0 Å². The van der Waals surface area contributed by atoms with E-state index in [1.165, 1.54) is 11.3 Å². The van der Waals surface area contributed by atoms with Gasteiger partial charge in [0.05, 0.1) is 10.7 Å². The molecule has 0 spiro atoms. The van der Waals surface area contributed by atoms with Gasteiger partial charge in [0, 0.05) is 16.1 Å². The second-order valence-corrected chi connectivity index (χ2v) is 6.92. The van der Waals surface area contributed by atoms with Gasteiger partial charge in [-0.05, 0) is 31.4 Å². The third kappa shape index (κ3) is 3.07. The summed E-state index contributed by atoms with van der Waals surface area (Å²) in [5, 5.41) is 4.36. The minimum Gasteiger partial charge on any atom is -0.397 e. The summed E-state index contributed by atoms with van der Waals surface area (Å²) in [5.41, 5.74) is 6.56. The van der Waals surface area contributed by atoms with Crippen molar-refractivity contribution in [1.82, 2.24) is 5.32 Å². The molecule has 5 heteroatoms. The first-order valence-corrected chi connectivity index (χ1v) is 7.87. The molecule has 0 aliphatic carbocycles. The fraction of sp³-hybridized carbons (Fsp3) is 0.400. The summed E-state index contributed by atoms with van der Waals surface area (Å²) in [6.07, 6.45) is 0.942. The van der Waals surface area contributed by atoms with E-state index in [9.17, 15) is 4.79 Å². The number of hydrogen-bond acceptors (Lipinski definition) is 3. The Balaban J connectivity index is 2.27. The molecule has 1 aromatic heterocycles. The number of hydrogen-bond donors (Lipinski definition) is 2. The van der Waals surface area contributed by atoms with Crippen LogP contribution in [0.2, 0.25) is 5.02 Å². The minimum absolute atomic E-state index is 0.118. The lowest BCUT2D eigenvalue weighted by Gasteiger charge is -2.15. The molecule has 1 heterocycles. The maximum Gasteiger partial charge on any atom is 0.263 e. The van der Waals surface area contributed by atoms with Crippen LogP contribution >= 0.6 is 22.9 Å². The number of nitrogen functional groups attached to an aromatic ring is 1. The van der Waals surface area contributed by atoms with Crippen LogP contribution in [0.1, 0.15) is 36.9 Å². The highest BCUT2D eigenvalue weighted by atomic mass is 35.5. The highest BCUT2D eigenvalue weighted by Gasteiger charge is 2.19. The molecule has 1 atom stereocenters. The van der Waals surface area contributed by atoms with E-state index in [0.717, 1.165) is 16.5 Å². The number of fused-ring (bicyclic) bond motifs is 1. The Morgan fingerprint density at radius 1 is 1.40 bits per heavy atom. The summed E-state index contributed by atoms with van der Waals surface area (Å²) in [4.78, 5) is 12.9.